The van der Waals surface area contributed by atoms with E-state index in [1.165, 1.54) is 6.08 Å². The Hall–Kier alpha value is -0.610. The number of hydrogen-bond donors (Lipinski definition) is 0. The molecule has 0 radical (unpaired) electrons. The molecule has 80 valence electrons. The molecule has 0 saturated carbocycles. The first-order valence-electron chi connectivity index (χ1n) is 4.18. The lowest BCUT2D eigenvalue weighted by Crippen LogP contribution is -2.24. The van der Waals surface area contributed by atoms with Gasteiger partial charge in [0.05, 0.1) is 0 Å². The van der Waals surface area contributed by atoms with E-state index in [1.807, 2.05) is 0 Å². The molecule has 5 heteroatoms. The first kappa shape index (κ1) is 10.9. The molecular formula is C10H6ClF3S. The maximum absolute atomic E-state index is 12.4. The lowest BCUT2D eigenvalue weighted by atomic mass is 10.2. The van der Waals surface area contributed by atoms with Crippen molar-refractivity contribution in [2.75, 3.05) is 0 Å². The Balaban J connectivity index is 2.32. The minimum atomic E-state index is -4.20. The van der Waals surface area contributed by atoms with Gasteiger partial charge < -0.3 is 0 Å². The van der Waals surface area contributed by atoms with Crippen LogP contribution in [0.3, 0.4) is 0 Å². The van der Waals surface area contributed by atoms with Crippen molar-refractivity contribution in [3.05, 3.63) is 34.9 Å². The molecule has 0 aromatic heterocycles. The number of alkyl halides is 3. The summed E-state index contributed by atoms with van der Waals surface area (Å²) in [4.78, 5) is 0.615. The fourth-order valence-corrected chi connectivity index (χ4v) is 2.45. The molecule has 0 aliphatic carbocycles. The van der Waals surface area contributed by atoms with Gasteiger partial charge in [0, 0.05) is 9.92 Å². The summed E-state index contributed by atoms with van der Waals surface area (Å²) in [7, 11) is 0. The van der Waals surface area contributed by atoms with Crippen molar-refractivity contribution in [2.24, 2.45) is 0 Å². The smallest absolute Gasteiger partial charge is 0.169 e. The molecule has 0 bridgehead atoms. The van der Waals surface area contributed by atoms with E-state index in [-0.39, 0.29) is 0 Å². The first-order valence-corrected chi connectivity index (χ1v) is 5.44. The van der Waals surface area contributed by atoms with Crippen molar-refractivity contribution >= 4 is 29.4 Å². The summed E-state index contributed by atoms with van der Waals surface area (Å²) >= 11 is 6.54. The Morgan fingerprint density at radius 3 is 2.67 bits per heavy atom. The van der Waals surface area contributed by atoms with Gasteiger partial charge in [-0.2, -0.15) is 13.2 Å². The second kappa shape index (κ2) is 3.76. The molecule has 1 aromatic carbocycles. The highest BCUT2D eigenvalue weighted by Crippen LogP contribution is 2.41. The second-order valence-electron chi connectivity index (χ2n) is 3.12. The molecule has 2 rings (SSSR count). The average Bonchev–Trinajstić information content (AvgIpc) is 2.15. The summed E-state index contributed by atoms with van der Waals surface area (Å²) in [5.41, 5.74) is 0.744. The SMILES string of the molecule is FC(F)(F)C1C=Cc2cc(Cl)ccc2S1. The van der Waals surface area contributed by atoms with Crippen LogP contribution in [0.5, 0.6) is 0 Å². The van der Waals surface area contributed by atoms with Gasteiger partial charge in [-0.25, -0.2) is 0 Å². The van der Waals surface area contributed by atoms with Crippen molar-refractivity contribution in [3.8, 4) is 0 Å². The van der Waals surface area contributed by atoms with Crippen molar-refractivity contribution < 1.29 is 13.2 Å². The maximum atomic E-state index is 12.4. The minimum absolute atomic E-state index is 0.532. The van der Waals surface area contributed by atoms with Crippen molar-refractivity contribution in [1.82, 2.24) is 0 Å². The molecule has 0 saturated heterocycles. The van der Waals surface area contributed by atoms with Crippen LogP contribution in [0.15, 0.2) is 29.2 Å². The molecule has 1 unspecified atom stereocenters. The van der Waals surface area contributed by atoms with Crippen molar-refractivity contribution in [1.29, 1.82) is 0 Å². The van der Waals surface area contributed by atoms with E-state index in [0.717, 1.165) is 23.4 Å². The molecule has 0 nitrogen and oxygen atoms in total. The van der Waals surface area contributed by atoms with Gasteiger partial charge in [-0.05, 0) is 23.8 Å². The minimum Gasteiger partial charge on any atom is -0.169 e. The first-order chi connectivity index (χ1) is 6.97. The van der Waals surface area contributed by atoms with Gasteiger partial charge in [-0.1, -0.05) is 23.8 Å². The van der Waals surface area contributed by atoms with Crippen LogP contribution < -0.4 is 0 Å². The van der Waals surface area contributed by atoms with E-state index >= 15 is 0 Å². The predicted octanol–water partition coefficient (Wildman–Crippen LogP) is 4.39. The zero-order valence-electron chi connectivity index (χ0n) is 7.38. The molecule has 1 aliphatic heterocycles. The molecule has 0 amide bonds. The number of halogens is 4. The topological polar surface area (TPSA) is 0 Å². The van der Waals surface area contributed by atoms with Gasteiger partial charge in [0.1, 0.15) is 5.25 Å². The normalized spacial score (nSPS) is 20.1. The fourth-order valence-electron chi connectivity index (χ4n) is 1.30. The van der Waals surface area contributed by atoms with E-state index in [2.05, 4.69) is 0 Å². The second-order valence-corrected chi connectivity index (χ2v) is 4.74. The van der Waals surface area contributed by atoms with Crippen LogP contribution in [0.4, 0.5) is 13.2 Å². The Bertz CT molecular complexity index is 412. The number of fused-ring (bicyclic) bond motifs is 1. The van der Waals surface area contributed by atoms with E-state index in [0.29, 0.717) is 9.92 Å². The van der Waals surface area contributed by atoms with Crippen LogP contribution in [-0.4, -0.2) is 11.4 Å². The summed E-state index contributed by atoms with van der Waals surface area (Å²) in [6.45, 7) is 0. The number of hydrogen-bond acceptors (Lipinski definition) is 1. The lowest BCUT2D eigenvalue weighted by Gasteiger charge is -2.21. The van der Waals surface area contributed by atoms with Gasteiger partial charge in [-0.15, -0.1) is 11.8 Å². The number of benzene rings is 1. The standard InChI is InChI=1S/C10H6ClF3S/c11-7-2-3-8-6(5-7)1-4-9(15-8)10(12,13)14/h1-5,9H. The van der Waals surface area contributed by atoms with Crippen LogP contribution >= 0.6 is 23.4 Å². The Morgan fingerprint density at radius 2 is 2.00 bits per heavy atom. The third-order valence-electron chi connectivity index (χ3n) is 2.00. The molecule has 1 heterocycles. The molecule has 0 fully saturated rings. The molecule has 1 aliphatic rings. The highest BCUT2D eigenvalue weighted by atomic mass is 35.5. The van der Waals surface area contributed by atoms with Crippen LogP contribution in [0.25, 0.3) is 6.08 Å². The van der Waals surface area contributed by atoms with Gasteiger partial charge in [0.25, 0.3) is 0 Å². The summed E-state index contributed by atoms with van der Waals surface area (Å²) in [6.07, 6.45) is -1.57. The fraction of sp³-hybridized carbons (Fsp3) is 0.200. The van der Waals surface area contributed by atoms with Crippen LogP contribution in [0, 0.1) is 0 Å². The van der Waals surface area contributed by atoms with E-state index < -0.39 is 11.4 Å². The van der Waals surface area contributed by atoms with E-state index in [1.54, 1.807) is 18.2 Å². The molecule has 1 aromatic rings. The van der Waals surface area contributed by atoms with Crippen LogP contribution in [0.2, 0.25) is 5.02 Å². The quantitative estimate of drug-likeness (QED) is 0.658. The van der Waals surface area contributed by atoms with Gasteiger partial charge in [0.15, 0.2) is 0 Å². The number of rotatable bonds is 0. The van der Waals surface area contributed by atoms with E-state index in [4.69, 9.17) is 11.6 Å². The third kappa shape index (κ3) is 2.32. The summed E-state index contributed by atoms with van der Waals surface area (Å²) in [5, 5.41) is -0.921. The summed E-state index contributed by atoms with van der Waals surface area (Å²) in [5.74, 6) is 0. The summed E-state index contributed by atoms with van der Waals surface area (Å²) < 4.78 is 37.2. The Morgan fingerprint density at radius 1 is 1.27 bits per heavy atom. The van der Waals surface area contributed by atoms with E-state index in [9.17, 15) is 13.2 Å². The molecular weight excluding hydrogens is 245 g/mol. The van der Waals surface area contributed by atoms with Gasteiger partial charge in [-0.3, -0.25) is 0 Å². The van der Waals surface area contributed by atoms with Gasteiger partial charge in [0.2, 0.25) is 0 Å². The average molecular weight is 251 g/mol. The highest BCUT2D eigenvalue weighted by Gasteiger charge is 2.39. The largest absolute Gasteiger partial charge is 0.404 e. The molecule has 15 heavy (non-hydrogen) atoms. The monoisotopic (exact) mass is 250 g/mol. The zero-order valence-corrected chi connectivity index (χ0v) is 8.96. The summed E-state index contributed by atoms with van der Waals surface area (Å²) in [6, 6.07) is 4.87. The number of thioether (sulfide) groups is 1. The molecule has 0 spiro atoms. The highest BCUT2D eigenvalue weighted by molar-refractivity contribution is 8.00. The molecule has 0 N–H and O–H groups in total. The third-order valence-corrected chi connectivity index (χ3v) is 3.54. The maximum Gasteiger partial charge on any atom is 0.404 e. The van der Waals surface area contributed by atoms with Crippen LogP contribution in [0.1, 0.15) is 5.56 Å². The van der Waals surface area contributed by atoms with Crippen molar-refractivity contribution in [3.63, 3.8) is 0 Å². The molecule has 1 atom stereocenters. The van der Waals surface area contributed by atoms with Crippen molar-refractivity contribution in [2.45, 2.75) is 16.3 Å². The van der Waals surface area contributed by atoms with Gasteiger partial charge >= 0.3 is 6.18 Å². The predicted molar refractivity (Wildman–Crippen MR) is 56.2 cm³/mol. The Labute approximate surface area is 94.1 Å². The zero-order chi connectivity index (χ0) is 11.1. The lowest BCUT2D eigenvalue weighted by molar-refractivity contribution is -0.119. The Kier molecular flexibility index (Phi) is 2.73. The van der Waals surface area contributed by atoms with Crippen LogP contribution in [-0.2, 0) is 0 Å².